The highest BCUT2D eigenvalue weighted by Crippen LogP contribution is 2.31. The van der Waals surface area contributed by atoms with E-state index >= 15 is 0 Å². The Labute approximate surface area is 49.8 Å². The molecule has 1 N–H and O–H groups in total. The highest BCUT2D eigenvalue weighted by Gasteiger charge is 2.26. The third kappa shape index (κ3) is 0.473. The van der Waals surface area contributed by atoms with Crippen molar-refractivity contribution in [1.29, 1.82) is 0 Å². The summed E-state index contributed by atoms with van der Waals surface area (Å²) in [6.45, 7) is 0. The van der Waals surface area contributed by atoms with Crippen molar-refractivity contribution in [3.63, 3.8) is 0 Å². The zero-order valence-electron chi connectivity index (χ0n) is 4.93. The number of nitrogens with one attached hydrogen (secondary N) is 1. The molecule has 1 aliphatic heterocycles. The Hall–Kier alpha value is -0.460. The zero-order valence-corrected chi connectivity index (χ0v) is 4.93. The van der Waals surface area contributed by atoms with Crippen LogP contribution >= 0.6 is 0 Å². The van der Waals surface area contributed by atoms with E-state index in [0.717, 1.165) is 12.0 Å². The summed E-state index contributed by atoms with van der Waals surface area (Å²) in [6, 6.07) is 0.753. The van der Waals surface area contributed by atoms with Crippen molar-refractivity contribution in [1.82, 2.24) is 5.32 Å². The highest BCUT2D eigenvalue weighted by atomic mass is 14.9. The maximum Gasteiger partial charge on any atom is 0.0483 e. The van der Waals surface area contributed by atoms with E-state index in [0.29, 0.717) is 0 Å². The SMILES string of the molecule is C1=C[C@H](C2CCC2)N1. The molecule has 0 unspecified atom stereocenters. The van der Waals surface area contributed by atoms with Gasteiger partial charge in [-0.25, -0.2) is 0 Å². The molecule has 1 nitrogen and oxygen atoms in total. The van der Waals surface area contributed by atoms with E-state index in [4.69, 9.17) is 0 Å². The minimum Gasteiger partial charge on any atom is -0.385 e. The van der Waals surface area contributed by atoms with Crippen molar-refractivity contribution in [3.05, 3.63) is 12.3 Å². The van der Waals surface area contributed by atoms with Crippen LogP contribution in [0.3, 0.4) is 0 Å². The average molecular weight is 109 g/mol. The topological polar surface area (TPSA) is 12.0 Å². The molecule has 1 aliphatic carbocycles. The van der Waals surface area contributed by atoms with E-state index in [9.17, 15) is 0 Å². The molecule has 2 rings (SSSR count). The third-order valence-electron chi connectivity index (χ3n) is 2.25. The van der Waals surface area contributed by atoms with E-state index in [1.165, 1.54) is 19.3 Å². The fraction of sp³-hybridized carbons (Fsp3) is 0.714. The second kappa shape index (κ2) is 1.51. The van der Waals surface area contributed by atoms with Crippen LogP contribution in [-0.2, 0) is 0 Å². The van der Waals surface area contributed by atoms with Crippen molar-refractivity contribution in [2.75, 3.05) is 0 Å². The fourth-order valence-electron chi connectivity index (χ4n) is 1.30. The molecule has 1 heterocycles. The van der Waals surface area contributed by atoms with Crippen LogP contribution in [0.4, 0.5) is 0 Å². The van der Waals surface area contributed by atoms with E-state index < -0.39 is 0 Å². The molecule has 0 saturated heterocycles. The zero-order chi connectivity index (χ0) is 5.40. The van der Waals surface area contributed by atoms with Crippen molar-refractivity contribution in [3.8, 4) is 0 Å². The molecule has 0 aromatic rings. The van der Waals surface area contributed by atoms with Crippen LogP contribution in [0.5, 0.6) is 0 Å². The highest BCUT2D eigenvalue weighted by molar-refractivity contribution is 5.08. The van der Waals surface area contributed by atoms with Gasteiger partial charge in [0, 0.05) is 6.04 Å². The van der Waals surface area contributed by atoms with Gasteiger partial charge < -0.3 is 5.32 Å². The first-order chi connectivity index (χ1) is 3.97. The molecule has 0 spiro atoms. The molecule has 1 fully saturated rings. The predicted molar refractivity (Wildman–Crippen MR) is 33.4 cm³/mol. The summed E-state index contributed by atoms with van der Waals surface area (Å²) in [5.74, 6) is 0.986. The Balaban J connectivity index is 1.88. The molecule has 8 heavy (non-hydrogen) atoms. The lowest BCUT2D eigenvalue weighted by Crippen LogP contribution is -2.40. The first-order valence-corrected chi connectivity index (χ1v) is 3.39. The lowest BCUT2D eigenvalue weighted by atomic mass is 9.78. The molecular formula is C7H11N. The van der Waals surface area contributed by atoms with Gasteiger partial charge in [-0.05, 0) is 31.0 Å². The van der Waals surface area contributed by atoms with Gasteiger partial charge >= 0.3 is 0 Å². The fourth-order valence-corrected chi connectivity index (χ4v) is 1.30. The van der Waals surface area contributed by atoms with E-state index in [1.54, 1.807) is 0 Å². The maximum absolute atomic E-state index is 3.27. The molecule has 1 atom stereocenters. The summed E-state index contributed by atoms with van der Waals surface area (Å²) < 4.78 is 0. The first kappa shape index (κ1) is 4.42. The van der Waals surface area contributed by atoms with Gasteiger partial charge in [0.1, 0.15) is 0 Å². The van der Waals surface area contributed by atoms with Gasteiger partial charge in [0.25, 0.3) is 0 Å². The second-order valence-electron chi connectivity index (χ2n) is 2.74. The Morgan fingerprint density at radius 3 is 2.25 bits per heavy atom. The summed E-state index contributed by atoms with van der Waals surface area (Å²) in [5, 5.41) is 3.27. The van der Waals surface area contributed by atoms with Gasteiger partial charge in [-0.1, -0.05) is 6.42 Å². The smallest absolute Gasteiger partial charge is 0.0483 e. The van der Waals surface area contributed by atoms with Gasteiger partial charge in [0.05, 0.1) is 0 Å². The van der Waals surface area contributed by atoms with Crippen LogP contribution in [0.2, 0.25) is 0 Å². The normalized spacial score (nSPS) is 35.2. The van der Waals surface area contributed by atoms with Gasteiger partial charge in [-0.2, -0.15) is 0 Å². The number of hydrogen-bond donors (Lipinski definition) is 1. The van der Waals surface area contributed by atoms with Crippen LogP contribution < -0.4 is 5.32 Å². The third-order valence-corrected chi connectivity index (χ3v) is 2.25. The van der Waals surface area contributed by atoms with Crippen LogP contribution in [0.1, 0.15) is 19.3 Å². The molecule has 0 aromatic carbocycles. The minimum absolute atomic E-state index is 0.753. The van der Waals surface area contributed by atoms with Crippen LogP contribution in [0, 0.1) is 5.92 Å². The van der Waals surface area contributed by atoms with E-state index in [-0.39, 0.29) is 0 Å². The summed E-state index contributed by atoms with van der Waals surface area (Å²) in [5.41, 5.74) is 0. The molecule has 1 heteroatoms. The Morgan fingerprint density at radius 1 is 1.38 bits per heavy atom. The standard InChI is InChI=1S/C7H11N/c1-2-6(3-1)7-4-5-8-7/h4-8H,1-3H2/t7-/m1/s1. The molecule has 44 valence electrons. The monoisotopic (exact) mass is 109 g/mol. The number of hydrogen-bond acceptors (Lipinski definition) is 1. The summed E-state index contributed by atoms with van der Waals surface area (Å²) in [7, 11) is 0. The van der Waals surface area contributed by atoms with Gasteiger partial charge in [-0.3, -0.25) is 0 Å². The van der Waals surface area contributed by atoms with E-state index in [2.05, 4.69) is 11.4 Å². The average Bonchev–Trinajstić information content (AvgIpc) is 1.47. The van der Waals surface area contributed by atoms with E-state index in [1.807, 2.05) is 6.20 Å². The van der Waals surface area contributed by atoms with Crippen LogP contribution in [-0.4, -0.2) is 6.04 Å². The molecule has 0 bridgehead atoms. The molecular weight excluding hydrogens is 98.1 g/mol. The molecule has 1 saturated carbocycles. The van der Waals surface area contributed by atoms with Crippen molar-refractivity contribution in [2.45, 2.75) is 25.3 Å². The predicted octanol–water partition coefficient (Wildman–Crippen LogP) is 1.27. The van der Waals surface area contributed by atoms with Crippen LogP contribution in [0.25, 0.3) is 0 Å². The van der Waals surface area contributed by atoms with Gasteiger partial charge in [0.15, 0.2) is 0 Å². The Morgan fingerprint density at radius 2 is 2.12 bits per heavy atom. The molecule has 2 aliphatic rings. The molecule has 0 aromatic heterocycles. The van der Waals surface area contributed by atoms with Crippen LogP contribution in [0.15, 0.2) is 12.3 Å². The summed E-state index contributed by atoms with van der Waals surface area (Å²) in [6.07, 6.45) is 8.66. The largest absolute Gasteiger partial charge is 0.385 e. The van der Waals surface area contributed by atoms with Gasteiger partial charge in [0.2, 0.25) is 0 Å². The van der Waals surface area contributed by atoms with Gasteiger partial charge in [-0.15, -0.1) is 0 Å². The van der Waals surface area contributed by atoms with Crippen molar-refractivity contribution in [2.24, 2.45) is 5.92 Å². The second-order valence-corrected chi connectivity index (χ2v) is 2.74. The lowest BCUT2D eigenvalue weighted by molar-refractivity contribution is 0.259. The molecule has 0 radical (unpaired) electrons. The Kier molecular flexibility index (Phi) is 0.833. The lowest BCUT2D eigenvalue weighted by Gasteiger charge is -2.35. The van der Waals surface area contributed by atoms with Crippen molar-refractivity contribution >= 4 is 0 Å². The molecule has 0 amide bonds. The Bertz CT molecular complexity index is 114. The quantitative estimate of drug-likeness (QED) is 0.534. The first-order valence-electron chi connectivity index (χ1n) is 3.39. The summed E-state index contributed by atoms with van der Waals surface area (Å²) >= 11 is 0. The number of rotatable bonds is 1. The summed E-state index contributed by atoms with van der Waals surface area (Å²) in [4.78, 5) is 0. The maximum atomic E-state index is 3.27. The van der Waals surface area contributed by atoms with Crippen molar-refractivity contribution < 1.29 is 0 Å². The minimum atomic E-state index is 0.753.